The minimum absolute atomic E-state index is 0.0558. The van der Waals surface area contributed by atoms with E-state index in [2.05, 4.69) is 5.32 Å². The number of hydrogen-bond acceptors (Lipinski definition) is 1. The van der Waals surface area contributed by atoms with Crippen molar-refractivity contribution < 1.29 is 9.18 Å². The summed E-state index contributed by atoms with van der Waals surface area (Å²) in [6, 6.07) is 14.0. The van der Waals surface area contributed by atoms with Crippen LogP contribution in [0.25, 0.3) is 0 Å². The summed E-state index contributed by atoms with van der Waals surface area (Å²) in [5.74, 6) is -0.260. The van der Waals surface area contributed by atoms with Crippen LogP contribution in [0.4, 0.5) is 14.9 Å². The number of halogens is 1. The Morgan fingerprint density at radius 1 is 1.23 bits per heavy atom. The second-order valence-corrected chi connectivity index (χ2v) is 5.65. The first-order valence-electron chi connectivity index (χ1n) is 7.54. The molecule has 0 bridgehead atoms. The van der Waals surface area contributed by atoms with Crippen LogP contribution in [0.5, 0.6) is 0 Å². The number of urea groups is 1. The molecule has 0 aliphatic carbocycles. The lowest BCUT2D eigenvalue weighted by Crippen LogP contribution is -2.34. The predicted octanol–water partition coefficient (Wildman–Crippen LogP) is 4.50. The van der Waals surface area contributed by atoms with Gasteiger partial charge in [0.15, 0.2) is 0 Å². The zero-order valence-electron chi connectivity index (χ0n) is 12.6. The van der Waals surface area contributed by atoms with E-state index in [-0.39, 0.29) is 17.9 Å². The molecule has 3 nitrogen and oxygen atoms in total. The first-order valence-corrected chi connectivity index (χ1v) is 7.54. The number of nitrogens with one attached hydrogen (secondary N) is 1. The molecule has 0 saturated carbocycles. The fourth-order valence-corrected chi connectivity index (χ4v) is 2.97. The largest absolute Gasteiger partial charge is 0.322 e. The Hall–Kier alpha value is -2.36. The summed E-state index contributed by atoms with van der Waals surface area (Å²) in [5.41, 5.74) is 2.70. The van der Waals surface area contributed by atoms with E-state index in [0.29, 0.717) is 6.54 Å². The van der Waals surface area contributed by atoms with Gasteiger partial charge in [-0.15, -0.1) is 0 Å². The molecule has 2 aromatic rings. The molecule has 22 heavy (non-hydrogen) atoms. The monoisotopic (exact) mass is 298 g/mol. The highest BCUT2D eigenvalue weighted by Gasteiger charge is 2.30. The van der Waals surface area contributed by atoms with Crippen molar-refractivity contribution in [2.45, 2.75) is 25.8 Å². The van der Waals surface area contributed by atoms with Crippen molar-refractivity contribution in [3.05, 3.63) is 65.5 Å². The van der Waals surface area contributed by atoms with Gasteiger partial charge in [-0.25, -0.2) is 9.18 Å². The highest BCUT2D eigenvalue weighted by Crippen LogP contribution is 2.32. The third kappa shape index (κ3) is 2.96. The fourth-order valence-electron chi connectivity index (χ4n) is 2.97. The van der Waals surface area contributed by atoms with Crippen LogP contribution >= 0.6 is 0 Å². The third-order valence-electron chi connectivity index (χ3n) is 4.13. The molecule has 1 aliphatic heterocycles. The minimum Gasteiger partial charge on any atom is -0.317 e. The van der Waals surface area contributed by atoms with Crippen LogP contribution in [0.3, 0.4) is 0 Å². The van der Waals surface area contributed by atoms with E-state index >= 15 is 0 Å². The third-order valence-corrected chi connectivity index (χ3v) is 4.13. The molecule has 0 spiro atoms. The van der Waals surface area contributed by atoms with Crippen LogP contribution in [0.1, 0.15) is 30.0 Å². The average molecular weight is 298 g/mol. The Morgan fingerprint density at radius 2 is 2.05 bits per heavy atom. The van der Waals surface area contributed by atoms with Gasteiger partial charge in [-0.2, -0.15) is 0 Å². The van der Waals surface area contributed by atoms with Gasteiger partial charge in [0.1, 0.15) is 5.82 Å². The first kappa shape index (κ1) is 14.6. The molecule has 1 N–H and O–H groups in total. The van der Waals surface area contributed by atoms with Gasteiger partial charge in [-0.1, -0.05) is 30.3 Å². The fraction of sp³-hybridized carbons (Fsp3) is 0.278. The first-order chi connectivity index (χ1) is 10.6. The normalized spacial score (nSPS) is 17.5. The van der Waals surface area contributed by atoms with Crippen molar-refractivity contribution in [3.8, 4) is 0 Å². The van der Waals surface area contributed by atoms with Crippen LogP contribution < -0.4 is 5.32 Å². The van der Waals surface area contributed by atoms with Gasteiger partial charge in [-0.05, 0) is 49.1 Å². The molecule has 0 aromatic heterocycles. The molecule has 1 aliphatic rings. The number of likely N-dealkylation sites (tertiary alicyclic amines) is 1. The lowest BCUT2D eigenvalue weighted by molar-refractivity contribution is 0.207. The number of hydrogen-bond donors (Lipinski definition) is 1. The van der Waals surface area contributed by atoms with Crippen LogP contribution in [-0.4, -0.2) is 17.5 Å². The van der Waals surface area contributed by atoms with Crippen LogP contribution in [0, 0.1) is 12.7 Å². The van der Waals surface area contributed by atoms with Gasteiger partial charge in [0.25, 0.3) is 0 Å². The topological polar surface area (TPSA) is 32.3 Å². The summed E-state index contributed by atoms with van der Waals surface area (Å²) in [6.07, 6.45) is 1.80. The molecule has 114 valence electrons. The highest BCUT2D eigenvalue weighted by atomic mass is 19.1. The number of rotatable bonds is 2. The molecule has 3 rings (SSSR count). The molecule has 1 fully saturated rings. The summed E-state index contributed by atoms with van der Waals surface area (Å²) in [6.45, 7) is 2.66. The number of carbonyl (C=O) groups excluding carboxylic acids is 1. The van der Waals surface area contributed by atoms with Gasteiger partial charge >= 0.3 is 6.03 Å². The number of nitrogens with zero attached hydrogens (tertiary/aromatic N) is 1. The van der Waals surface area contributed by atoms with Gasteiger partial charge in [0.05, 0.1) is 6.04 Å². The number of carbonyl (C=O) groups is 1. The summed E-state index contributed by atoms with van der Waals surface area (Å²) >= 11 is 0. The summed E-state index contributed by atoms with van der Waals surface area (Å²) in [5, 5.41) is 2.96. The number of anilines is 1. The van der Waals surface area contributed by atoms with E-state index in [0.717, 1.165) is 29.7 Å². The molecule has 1 heterocycles. The molecule has 1 saturated heterocycles. The predicted molar refractivity (Wildman–Crippen MR) is 85.3 cm³/mol. The second-order valence-electron chi connectivity index (χ2n) is 5.65. The van der Waals surface area contributed by atoms with Crippen molar-refractivity contribution in [3.63, 3.8) is 0 Å². The van der Waals surface area contributed by atoms with Gasteiger partial charge in [-0.3, -0.25) is 0 Å². The van der Waals surface area contributed by atoms with E-state index in [1.807, 2.05) is 37.3 Å². The molecule has 4 heteroatoms. The van der Waals surface area contributed by atoms with Crippen LogP contribution in [0.15, 0.2) is 48.5 Å². The maximum atomic E-state index is 13.4. The lowest BCUT2D eigenvalue weighted by Gasteiger charge is -2.25. The number of aryl methyl sites for hydroxylation is 1. The van der Waals surface area contributed by atoms with Crippen molar-refractivity contribution in [1.82, 2.24) is 4.90 Å². The average Bonchev–Trinajstić information content (AvgIpc) is 2.99. The van der Waals surface area contributed by atoms with Crippen molar-refractivity contribution >= 4 is 11.7 Å². The highest BCUT2D eigenvalue weighted by molar-refractivity contribution is 5.90. The molecule has 1 unspecified atom stereocenters. The number of para-hydroxylation sites is 1. The van der Waals surface area contributed by atoms with Gasteiger partial charge < -0.3 is 10.2 Å². The van der Waals surface area contributed by atoms with Crippen LogP contribution in [-0.2, 0) is 0 Å². The number of benzene rings is 2. The SMILES string of the molecule is Cc1ccccc1NC(=O)N1CCCC1c1cccc(F)c1. The maximum absolute atomic E-state index is 13.4. The number of amides is 2. The quantitative estimate of drug-likeness (QED) is 0.869. The Kier molecular flexibility index (Phi) is 4.09. The molecular formula is C18H19FN2O. The van der Waals surface area contributed by atoms with E-state index in [1.165, 1.54) is 12.1 Å². The molecule has 2 amide bonds. The Labute approximate surface area is 129 Å². The summed E-state index contributed by atoms with van der Waals surface area (Å²) in [4.78, 5) is 14.3. The smallest absolute Gasteiger partial charge is 0.317 e. The van der Waals surface area contributed by atoms with Crippen molar-refractivity contribution in [2.75, 3.05) is 11.9 Å². The Bertz CT molecular complexity index is 686. The van der Waals surface area contributed by atoms with Gasteiger partial charge in [0.2, 0.25) is 0 Å². The molecule has 0 radical (unpaired) electrons. The molecule has 2 aromatic carbocycles. The Balaban J connectivity index is 1.78. The zero-order valence-corrected chi connectivity index (χ0v) is 12.6. The zero-order chi connectivity index (χ0) is 15.5. The van der Waals surface area contributed by atoms with E-state index in [4.69, 9.17) is 0 Å². The molecular weight excluding hydrogens is 279 g/mol. The minimum atomic E-state index is -0.260. The van der Waals surface area contributed by atoms with Crippen LogP contribution in [0.2, 0.25) is 0 Å². The Morgan fingerprint density at radius 3 is 2.82 bits per heavy atom. The van der Waals surface area contributed by atoms with E-state index in [1.54, 1.807) is 11.0 Å². The van der Waals surface area contributed by atoms with Gasteiger partial charge in [0, 0.05) is 12.2 Å². The van der Waals surface area contributed by atoms with E-state index in [9.17, 15) is 9.18 Å². The molecule has 1 atom stereocenters. The second kappa shape index (κ2) is 6.18. The van der Waals surface area contributed by atoms with Crippen molar-refractivity contribution in [2.24, 2.45) is 0 Å². The maximum Gasteiger partial charge on any atom is 0.322 e. The van der Waals surface area contributed by atoms with Crippen molar-refractivity contribution in [1.29, 1.82) is 0 Å². The lowest BCUT2D eigenvalue weighted by atomic mass is 10.0. The summed E-state index contributed by atoms with van der Waals surface area (Å²) in [7, 11) is 0. The summed E-state index contributed by atoms with van der Waals surface area (Å²) < 4.78 is 13.4. The standard InChI is InChI=1S/C18H19FN2O/c1-13-6-2-3-9-16(13)20-18(22)21-11-5-10-17(21)14-7-4-8-15(19)12-14/h2-4,6-9,12,17H,5,10-11H2,1H3,(H,20,22). The van der Waals surface area contributed by atoms with E-state index < -0.39 is 0 Å².